The predicted octanol–water partition coefficient (Wildman–Crippen LogP) is 2.13. The van der Waals surface area contributed by atoms with E-state index in [1.165, 1.54) is 16.8 Å². The molecule has 0 saturated heterocycles. The third-order valence-electron chi connectivity index (χ3n) is 3.46. The van der Waals surface area contributed by atoms with Gasteiger partial charge in [-0.05, 0) is 19.1 Å². The molecule has 0 spiro atoms. The van der Waals surface area contributed by atoms with Gasteiger partial charge in [-0.3, -0.25) is 14.9 Å². The Morgan fingerprint density at radius 1 is 1.38 bits per heavy atom. The molecule has 1 aromatic heterocycles. The van der Waals surface area contributed by atoms with E-state index in [0.29, 0.717) is 5.82 Å². The van der Waals surface area contributed by atoms with Crippen molar-refractivity contribution >= 4 is 23.5 Å². The summed E-state index contributed by atoms with van der Waals surface area (Å²) >= 11 is 0. The average Bonchev–Trinajstić information content (AvgIpc) is 2.96. The molecule has 1 atom stereocenters. The quantitative estimate of drug-likeness (QED) is 0.896. The Morgan fingerprint density at radius 3 is 2.79 bits per heavy atom. The first kappa shape index (κ1) is 16.0. The van der Waals surface area contributed by atoms with Gasteiger partial charge in [0.15, 0.2) is 0 Å². The lowest BCUT2D eigenvalue weighted by Gasteiger charge is -2.14. The Kier molecular flexibility index (Phi) is 3.74. The second-order valence-corrected chi connectivity index (χ2v) is 5.23. The zero-order valence-electron chi connectivity index (χ0n) is 12.4. The number of carbonyl (C=O) groups excluding carboxylic acids is 2. The van der Waals surface area contributed by atoms with Gasteiger partial charge in [-0.25, -0.2) is 4.68 Å². The van der Waals surface area contributed by atoms with Gasteiger partial charge in [0, 0.05) is 0 Å². The van der Waals surface area contributed by atoms with Crippen LogP contribution < -0.4 is 10.6 Å². The molecule has 1 aliphatic rings. The van der Waals surface area contributed by atoms with Gasteiger partial charge < -0.3 is 5.32 Å². The summed E-state index contributed by atoms with van der Waals surface area (Å²) in [6.45, 7) is 1.62. The van der Waals surface area contributed by atoms with Crippen molar-refractivity contribution in [3.63, 3.8) is 0 Å². The fourth-order valence-electron chi connectivity index (χ4n) is 2.43. The number of amides is 2. The molecule has 1 aromatic carbocycles. The van der Waals surface area contributed by atoms with Crippen molar-refractivity contribution in [2.24, 2.45) is 0 Å². The summed E-state index contributed by atoms with van der Waals surface area (Å²) in [5.41, 5.74) is -1.31. The van der Waals surface area contributed by atoms with Crippen LogP contribution in [-0.4, -0.2) is 26.6 Å². The summed E-state index contributed by atoms with van der Waals surface area (Å²) in [6.07, 6.45) is -4.95. The molecule has 2 N–H and O–H groups in total. The fourth-order valence-corrected chi connectivity index (χ4v) is 2.43. The van der Waals surface area contributed by atoms with Crippen LogP contribution in [0, 0.1) is 6.92 Å². The Bertz CT molecular complexity index is 815. The van der Waals surface area contributed by atoms with Gasteiger partial charge in [-0.1, -0.05) is 12.1 Å². The number of halogens is 3. The normalized spacial score (nSPS) is 16.7. The highest BCUT2D eigenvalue weighted by Gasteiger charge is 2.36. The number of anilines is 2. The van der Waals surface area contributed by atoms with E-state index in [2.05, 4.69) is 20.7 Å². The Balaban J connectivity index is 1.77. The van der Waals surface area contributed by atoms with E-state index in [-0.39, 0.29) is 18.1 Å². The number of para-hydroxylation sites is 1. The third-order valence-corrected chi connectivity index (χ3v) is 3.46. The standard InChI is InChI=1S/C14H12F3N5O2/c1-7-18-13-20-12(24)10(22(13)21-7)6-11(23)19-9-5-3-2-4-8(9)14(15,16)17/h2-5,10H,6H2,1H3,(H,19,23)(H,18,20,21,24). The monoisotopic (exact) mass is 339 g/mol. The van der Waals surface area contributed by atoms with Gasteiger partial charge in [0.05, 0.1) is 17.7 Å². The van der Waals surface area contributed by atoms with E-state index in [4.69, 9.17) is 0 Å². The van der Waals surface area contributed by atoms with Crippen molar-refractivity contribution in [1.82, 2.24) is 14.8 Å². The number of nitrogens with one attached hydrogen (secondary N) is 2. The first-order chi connectivity index (χ1) is 11.3. The molecule has 0 saturated carbocycles. The van der Waals surface area contributed by atoms with E-state index in [1.54, 1.807) is 6.92 Å². The van der Waals surface area contributed by atoms with Crippen molar-refractivity contribution in [1.29, 1.82) is 0 Å². The highest BCUT2D eigenvalue weighted by atomic mass is 19.4. The second-order valence-electron chi connectivity index (χ2n) is 5.23. The topological polar surface area (TPSA) is 88.9 Å². The number of aryl methyl sites for hydroxylation is 1. The molecule has 126 valence electrons. The molecule has 24 heavy (non-hydrogen) atoms. The zero-order chi connectivity index (χ0) is 17.5. The minimum Gasteiger partial charge on any atom is -0.325 e. The number of carbonyl (C=O) groups is 2. The number of benzene rings is 1. The summed E-state index contributed by atoms with van der Waals surface area (Å²) in [6, 6.07) is 3.69. The number of aromatic nitrogens is 3. The Hall–Kier alpha value is -2.91. The number of fused-ring (bicyclic) bond motifs is 1. The Labute approximate surface area is 133 Å². The highest BCUT2D eigenvalue weighted by Crippen LogP contribution is 2.35. The van der Waals surface area contributed by atoms with E-state index in [1.807, 2.05) is 0 Å². The lowest BCUT2D eigenvalue weighted by molar-refractivity contribution is -0.137. The molecule has 2 heterocycles. The number of nitrogens with zero attached hydrogens (tertiary/aromatic N) is 3. The summed E-state index contributed by atoms with van der Waals surface area (Å²) < 4.78 is 40.0. The Morgan fingerprint density at radius 2 is 2.08 bits per heavy atom. The zero-order valence-corrected chi connectivity index (χ0v) is 12.4. The molecule has 7 nitrogen and oxygen atoms in total. The van der Waals surface area contributed by atoms with E-state index in [9.17, 15) is 22.8 Å². The first-order valence-corrected chi connectivity index (χ1v) is 6.96. The predicted molar refractivity (Wildman–Crippen MR) is 77.1 cm³/mol. The number of hydrogen-bond donors (Lipinski definition) is 2. The maximum atomic E-state index is 12.9. The van der Waals surface area contributed by atoms with Gasteiger partial charge in [0.1, 0.15) is 11.9 Å². The minimum atomic E-state index is -4.59. The summed E-state index contributed by atoms with van der Waals surface area (Å²) in [5, 5.41) is 8.67. The lowest BCUT2D eigenvalue weighted by atomic mass is 10.1. The molecule has 3 rings (SSSR count). The molecule has 0 aliphatic carbocycles. The third kappa shape index (κ3) is 2.94. The smallest absolute Gasteiger partial charge is 0.325 e. The van der Waals surface area contributed by atoms with Crippen LogP contribution in [0.3, 0.4) is 0 Å². The summed E-state index contributed by atoms with van der Waals surface area (Å²) in [5.74, 6) is -0.582. The molecule has 2 amide bonds. The molecule has 0 bridgehead atoms. The average molecular weight is 339 g/mol. The van der Waals surface area contributed by atoms with Crippen LogP contribution in [0.2, 0.25) is 0 Å². The van der Waals surface area contributed by atoms with Crippen molar-refractivity contribution in [2.75, 3.05) is 10.6 Å². The number of alkyl halides is 3. The molecular weight excluding hydrogens is 327 g/mol. The molecule has 10 heteroatoms. The summed E-state index contributed by atoms with van der Waals surface area (Å²) in [4.78, 5) is 27.9. The van der Waals surface area contributed by atoms with E-state index >= 15 is 0 Å². The maximum Gasteiger partial charge on any atom is 0.418 e. The highest BCUT2D eigenvalue weighted by molar-refractivity contribution is 6.01. The van der Waals surface area contributed by atoms with Gasteiger partial charge in [0.25, 0.3) is 5.91 Å². The first-order valence-electron chi connectivity index (χ1n) is 6.96. The molecule has 1 unspecified atom stereocenters. The molecule has 1 aliphatic heterocycles. The molecule has 0 fully saturated rings. The molecule has 0 radical (unpaired) electrons. The molecular formula is C14H12F3N5O2. The fraction of sp³-hybridized carbons (Fsp3) is 0.286. The second kappa shape index (κ2) is 5.62. The summed E-state index contributed by atoms with van der Waals surface area (Å²) in [7, 11) is 0. The van der Waals surface area contributed by atoms with Crippen LogP contribution in [0.15, 0.2) is 24.3 Å². The van der Waals surface area contributed by atoms with Gasteiger partial charge in [0.2, 0.25) is 11.9 Å². The van der Waals surface area contributed by atoms with E-state index in [0.717, 1.165) is 12.1 Å². The SMILES string of the molecule is Cc1nc2n(n1)C(CC(=O)Nc1ccccc1C(F)(F)F)C(=O)N2. The van der Waals surface area contributed by atoms with Crippen LogP contribution in [-0.2, 0) is 15.8 Å². The lowest BCUT2D eigenvalue weighted by Crippen LogP contribution is -2.24. The van der Waals surface area contributed by atoms with Crippen LogP contribution in [0.25, 0.3) is 0 Å². The largest absolute Gasteiger partial charge is 0.418 e. The van der Waals surface area contributed by atoms with Crippen LogP contribution in [0.4, 0.5) is 24.8 Å². The molecule has 2 aromatic rings. The van der Waals surface area contributed by atoms with Crippen molar-refractivity contribution in [3.8, 4) is 0 Å². The van der Waals surface area contributed by atoms with Crippen LogP contribution >= 0.6 is 0 Å². The number of hydrogen-bond acceptors (Lipinski definition) is 4. The van der Waals surface area contributed by atoms with Gasteiger partial charge in [-0.2, -0.15) is 23.3 Å². The van der Waals surface area contributed by atoms with Crippen LogP contribution in [0.5, 0.6) is 0 Å². The van der Waals surface area contributed by atoms with Crippen LogP contribution in [0.1, 0.15) is 23.9 Å². The minimum absolute atomic E-state index is 0.214. The van der Waals surface area contributed by atoms with Crippen molar-refractivity contribution in [3.05, 3.63) is 35.7 Å². The van der Waals surface area contributed by atoms with E-state index < -0.39 is 29.6 Å². The van der Waals surface area contributed by atoms with Crippen molar-refractivity contribution in [2.45, 2.75) is 25.6 Å². The number of rotatable bonds is 3. The maximum absolute atomic E-state index is 12.9. The van der Waals surface area contributed by atoms with Gasteiger partial charge in [-0.15, -0.1) is 0 Å². The van der Waals surface area contributed by atoms with Crippen molar-refractivity contribution < 1.29 is 22.8 Å². The van der Waals surface area contributed by atoms with Gasteiger partial charge >= 0.3 is 6.18 Å².